The van der Waals surface area contributed by atoms with Gasteiger partial charge in [-0.3, -0.25) is 19.6 Å². The summed E-state index contributed by atoms with van der Waals surface area (Å²) in [5.41, 5.74) is 4.64. The number of aryl methyl sites for hydroxylation is 2. The van der Waals surface area contributed by atoms with E-state index in [4.69, 9.17) is 4.74 Å². The molecule has 0 aliphatic carbocycles. The van der Waals surface area contributed by atoms with Crippen LogP contribution in [0.2, 0.25) is 0 Å². The number of rotatable bonds is 8. The topological polar surface area (TPSA) is 137 Å². The van der Waals surface area contributed by atoms with Crippen molar-refractivity contribution in [3.8, 4) is 28.5 Å². The van der Waals surface area contributed by atoms with Gasteiger partial charge in [-0.25, -0.2) is 15.0 Å². The summed E-state index contributed by atoms with van der Waals surface area (Å²) in [4.78, 5) is 46.6. The molecule has 11 nitrogen and oxygen atoms in total. The average Bonchev–Trinajstić information content (AvgIpc) is 2.98. The van der Waals surface area contributed by atoms with Crippen LogP contribution in [0.3, 0.4) is 0 Å². The first kappa shape index (κ1) is 26.2. The van der Waals surface area contributed by atoms with E-state index in [2.05, 4.69) is 35.6 Å². The first-order valence-corrected chi connectivity index (χ1v) is 12.4. The van der Waals surface area contributed by atoms with Crippen LogP contribution in [-0.4, -0.2) is 42.5 Å². The third kappa shape index (κ3) is 6.16. The van der Waals surface area contributed by atoms with E-state index in [-0.39, 0.29) is 17.2 Å². The lowest BCUT2D eigenvalue weighted by Crippen LogP contribution is -2.23. The molecule has 0 aromatic carbocycles. The molecule has 40 heavy (non-hydrogen) atoms. The molecule has 0 atom stereocenters. The van der Waals surface area contributed by atoms with Gasteiger partial charge in [0, 0.05) is 79.1 Å². The summed E-state index contributed by atoms with van der Waals surface area (Å²) in [7, 11) is 3.26. The van der Waals surface area contributed by atoms with Crippen LogP contribution in [0.1, 0.15) is 21.7 Å². The Morgan fingerprint density at radius 1 is 0.925 bits per heavy atom. The van der Waals surface area contributed by atoms with Gasteiger partial charge in [0.25, 0.3) is 11.5 Å². The minimum atomic E-state index is -0.312. The van der Waals surface area contributed by atoms with Crippen molar-refractivity contribution >= 4 is 17.4 Å². The summed E-state index contributed by atoms with van der Waals surface area (Å²) >= 11 is 0. The highest BCUT2D eigenvalue weighted by molar-refractivity contribution is 5.92. The third-order valence-corrected chi connectivity index (χ3v) is 6.00. The average molecular weight is 535 g/mol. The zero-order chi connectivity index (χ0) is 28.1. The number of hydrogen-bond acceptors (Lipinski definition) is 9. The minimum absolute atomic E-state index is 0.131. The number of methoxy groups -OCH3 is 1. The fourth-order valence-corrected chi connectivity index (χ4v) is 3.82. The lowest BCUT2D eigenvalue weighted by Gasteiger charge is -2.10. The first-order valence-electron chi connectivity index (χ1n) is 12.4. The lowest BCUT2D eigenvalue weighted by molar-refractivity contribution is 0.0946. The van der Waals surface area contributed by atoms with Crippen LogP contribution in [0.15, 0.2) is 84.2 Å². The highest BCUT2D eigenvalue weighted by atomic mass is 16.5. The van der Waals surface area contributed by atoms with E-state index in [0.29, 0.717) is 35.3 Å². The number of nitrogens with zero attached hydrogens (tertiary/aromatic N) is 6. The summed E-state index contributed by atoms with van der Waals surface area (Å²) in [6, 6.07) is 15.9. The molecule has 0 fully saturated rings. The molecule has 0 radical (unpaired) electrons. The van der Waals surface area contributed by atoms with Crippen LogP contribution in [-0.2, 0) is 13.6 Å². The maximum absolute atomic E-state index is 12.7. The maximum Gasteiger partial charge on any atom is 0.270 e. The maximum atomic E-state index is 12.7. The molecule has 5 rings (SSSR count). The normalized spacial score (nSPS) is 10.7. The molecule has 0 unspecified atom stereocenters. The third-order valence-electron chi connectivity index (χ3n) is 6.00. The Labute approximate surface area is 230 Å². The first-order chi connectivity index (χ1) is 19.4. The minimum Gasteiger partial charge on any atom is -0.481 e. The summed E-state index contributed by atoms with van der Waals surface area (Å²) in [5.74, 6) is 1.22. The van der Waals surface area contributed by atoms with Crippen LogP contribution < -0.4 is 20.9 Å². The molecular weight excluding hydrogens is 508 g/mol. The largest absolute Gasteiger partial charge is 0.481 e. The molecule has 2 N–H and O–H groups in total. The highest BCUT2D eigenvalue weighted by Crippen LogP contribution is 2.21. The van der Waals surface area contributed by atoms with Crippen molar-refractivity contribution in [1.29, 1.82) is 0 Å². The molecule has 0 saturated heterocycles. The van der Waals surface area contributed by atoms with Gasteiger partial charge >= 0.3 is 0 Å². The van der Waals surface area contributed by atoms with Crippen LogP contribution in [0, 0.1) is 6.92 Å². The van der Waals surface area contributed by atoms with Crippen LogP contribution in [0.5, 0.6) is 5.88 Å². The number of ether oxygens (including phenoxy) is 1. The fourth-order valence-electron chi connectivity index (χ4n) is 3.82. The van der Waals surface area contributed by atoms with Crippen molar-refractivity contribution in [2.75, 3.05) is 12.4 Å². The molecular formula is C29H26N8O3. The van der Waals surface area contributed by atoms with E-state index >= 15 is 0 Å². The smallest absolute Gasteiger partial charge is 0.270 e. The molecule has 0 bridgehead atoms. The predicted molar refractivity (Wildman–Crippen MR) is 150 cm³/mol. The summed E-state index contributed by atoms with van der Waals surface area (Å²) < 4.78 is 6.57. The quantitative estimate of drug-likeness (QED) is 0.305. The van der Waals surface area contributed by atoms with Crippen LogP contribution >= 0.6 is 0 Å². The van der Waals surface area contributed by atoms with Crippen molar-refractivity contribution in [2.24, 2.45) is 7.05 Å². The Kier molecular flexibility index (Phi) is 7.54. The monoisotopic (exact) mass is 534 g/mol. The van der Waals surface area contributed by atoms with Gasteiger partial charge in [-0.05, 0) is 42.8 Å². The van der Waals surface area contributed by atoms with Gasteiger partial charge in [-0.1, -0.05) is 6.07 Å². The van der Waals surface area contributed by atoms with Crippen molar-refractivity contribution in [3.05, 3.63) is 107 Å². The van der Waals surface area contributed by atoms with E-state index in [1.54, 1.807) is 69.3 Å². The molecule has 5 heterocycles. The zero-order valence-corrected chi connectivity index (χ0v) is 22.1. The number of nitrogens with one attached hydrogen (secondary N) is 2. The number of carbonyl (C=O) groups excluding carboxylic acids is 1. The van der Waals surface area contributed by atoms with Gasteiger partial charge < -0.3 is 19.9 Å². The molecule has 0 spiro atoms. The van der Waals surface area contributed by atoms with Crippen molar-refractivity contribution in [3.63, 3.8) is 0 Å². The Morgan fingerprint density at radius 2 is 1.75 bits per heavy atom. The Hall–Kier alpha value is -5.45. The number of aromatic nitrogens is 6. The van der Waals surface area contributed by atoms with Crippen molar-refractivity contribution < 1.29 is 9.53 Å². The van der Waals surface area contributed by atoms with Crippen LogP contribution in [0.25, 0.3) is 22.6 Å². The fraction of sp³-hybridized carbons (Fsp3) is 0.138. The number of amides is 1. The van der Waals surface area contributed by atoms with Gasteiger partial charge in [-0.15, -0.1) is 0 Å². The summed E-state index contributed by atoms with van der Waals surface area (Å²) in [6.45, 7) is 2.15. The summed E-state index contributed by atoms with van der Waals surface area (Å²) in [5, 5.41) is 6.00. The second-order valence-corrected chi connectivity index (χ2v) is 8.96. The molecule has 0 saturated carbocycles. The van der Waals surface area contributed by atoms with Gasteiger partial charge in [0.1, 0.15) is 11.5 Å². The van der Waals surface area contributed by atoms with Gasteiger partial charge in [0.15, 0.2) is 5.82 Å². The standard InChI is InChI=1S/C29H26N8O3/c1-18-12-25(35-22-10-11-37(2)27(38)13-22)36-28(34-18)21-5-8-24(31-17-21)29(39)33-15-19-4-7-23(30-14-19)20-6-9-26(40-3)32-16-20/h4-14,16-17H,15H2,1-3H3,(H,33,39)(H,34,35,36). The van der Waals surface area contributed by atoms with E-state index in [1.165, 1.54) is 10.6 Å². The molecule has 1 amide bonds. The predicted octanol–water partition coefficient (Wildman–Crippen LogP) is 3.68. The lowest BCUT2D eigenvalue weighted by atomic mass is 10.1. The Bertz CT molecular complexity index is 1700. The van der Waals surface area contributed by atoms with Crippen molar-refractivity contribution in [1.82, 2.24) is 34.8 Å². The second-order valence-electron chi connectivity index (χ2n) is 8.96. The van der Waals surface area contributed by atoms with Gasteiger partial charge in [-0.2, -0.15) is 0 Å². The van der Waals surface area contributed by atoms with Crippen molar-refractivity contribution in [2.45, 2.75) is 13.5 Å². The van der Waals surface area contributed by atoms with Gasteiger partial charge in [0.05, 0.1) is 12.8 Å². The molecule has 5 aromatic rings. The van der Waals surface area contributed by atoms with E-state index in [0.717, 1.165) is 22.5 Å². The number of pyridine rings is 4. The van der Waals surface area contributed by atoms with Gasteiger partial charge in [0.2, 0.25) is 5.88 Å². The molecule has 0 aliphatic heterocycles. The molecule has 200 valence electrons. The molecule has 0 aliphatic rings. The molecule has 11 heteroatoms. The number of hydrogen-bond donors (Lipinski definition) is 2. The second kappa shape index (κ2) is 11.5. The Morgan fingerprint density at radius 3 is 2.42 bits per heavy atom. The SMILES string of the molecule is COc1ccc(-c2ccc(CNC(=O)c3ccc(-c4nc(C)cc(Nc5ccn(C)c(=O)c5)n4)cn3)cn2)cn1. The van der Waals surface area contributed by atoms with E-state index < -0.39 is 0 Å². The molecule has 5 aromatic heterocycles. The zero-order valence-electron chi connectivity index (χ0n) is 22.1. The summed E-state index contributed by atoms with van der Waals surface area (Å²) in [6.07, 6.45) is 6.65. The highest BCUT2D eigenvalue weighted by Gasteiger charge is 2.11. The number of anilines is 2. The van der Waals surface area contributed by atoms with E-state index in [1.807, 2.05) is 25.1 Å². The van der Waals surface area contributed by atoms with E-state index in [9.17, 15) is 9.59 Å². The number of carbonyl (C=O) groups is 1. The van der Waals surface area contributed by atoms with Crippen LogP contribution in [0.4, 0.5) is 11.5 Å². The Balaban J connectivity index is 1.22.